The number of ether oxygens (including phenoxy) is 1. The minimum Gasteiger partial charge on any atom is -0.389 e. The van der Waals surface area contributed by atoms with Crippen LogP contribution >= 0.6 is 0 Å². The van der Waals surface area contributed by atoms with Crippen LogP contribution in [0.3, 0.4) is 0 Å². The van der Waals surface area contributed by atoms with Crippen molar-refractivity contribution in [1.82, 2.24) is 10.2 Å². The molecule has 84 valence electrons. The summed E-state index contributed by atoms with van der Waals surface area (Å²) < 4.78 is 4.85. The summed E-state index contributed by atoms with van der Waals surface area (Å²) in [6, 6.07) is 0. The molecule has 0 radical (unpaired) electrons. The van der Waals surface area contributed by atoms with Gasteiger partial charge in [0.1, 0.15) is 0 Å². The first kappa shape index (κ1) is 13.6. The number of rotatable bonds is 8. The molecule has 0 aliphatic heterocycles. The summed E-state index contributed by atoms with van der Waals surface area (Å²) >= 11 is 0. The van der Waals surface area contributed by atoms with Crippen LogP contribution in [-0.2, 0) is 4.74 Å². The smallest absolute Gasteiger partial charge is 0.0900 e. The molecule has 0 aromatic carbocycles. The number of aliphatic hydroxyl groups is 1. The molecule has 0 saturated heterocycles. The summed E-state index contributed by atoms with van der Waals surface area (Å²) in [6.45, 7) is 6.51. The van der Waals surface area contributed by atoms with Crippen molar-refractivity contribution < 1.29 is 9.84 Å². The molecule has 0 spiro atoms. The highest BCUT2D eigenvalue weighted by atomic mass is 16.5. The Kier molecular flexibility index (Phi) is 7.70. The average molecular weight is 202 g/mol. The van der Waals surface area contributed by atoms with Crippen molar-refractivity contribution in [3.8, 4) is 0 Å². The molecule has 0 heterocycles. The van der Waals surface area contributed by atoms with Crippen LogP contribution in [0.2, 0.25) is 0 Å². The van der Waals surface area contributed by atoms with Crippen LogP contribution in [0, 0.1) is 0 Å². The second-order valence-electron chi connectivity index (χ2n) is 3.59. The lowest BCUT2D eigenvalue weighted by molar-refractivity contribution is 0.0449. The van der Waals surface area contributed by atoms with E-state index in [0.29, 0.717) is 13.2 Å². The van der Waals surface area contributed by atoms with Gasteiger partial charge in [-0.15, -0.1) is 0 Å². The van der Waals surface area contributed by atoms with E-state index in [4.69, 9.17) is 4.74 Å². The van der Waals surface area contributed by atoms with E-state index < -0.39 is 6.10 Å². The fourth-order valence-electron chi connectivity index (χ4n) is 1.36. The van der Waals surface area contributed by atoms with E-state index in [0.717, 1.165) is 18.7 Å². The quantitative estimate of drug-likeness (QED) is 0.531. The van der Waals surface area contributed by atoms with E-state index in [9.17, 15) is 5.11 Å². The molecule has 0 aliphatic carbocycles. The summed E-state index contributed by atoms with van der Waals surface area (Å²) in [5, 5.41) is 12.5. The lowest BCUT2D eigenvalue weighted by atomic mass is 10.2. The fraction of sp³-hybridized carbons (Fsp3) is 0.800. The number of nitrogens with one attached hydrogen (secondary N) is 1. The molecule has 4 nitrogen and oxygen atoms in total. The normalized spacial score (nSPS) is 13.2. The zero-order valence-corrected chi connectivity index (χ0v) is 9.42. The number of hydrogen-bond acceptors (Lipinski definition) is 4. The third-order valence-electron chi connectivity index (χ3n) is 1.80. The maximum absolute atomic E-state index is 9.45. The second kappa shape index (κ2) is 7.94. The molecule has 1 atom stereocenters. The van der Waals surface area contributed by atoms with Gasteiger partial charge in [0, 0.05) is 26.7 Å². The van der Waals surface area contributed by atoms with Crippen LogP contribution in [-0.4, -0.2) is 63.6 Å². The zero-order valence-electron chi connectivity index (χ0n) is 9.42. The van der Waals surface area contributed by atoms with Crippen LogP contribution < -0.4 is 5.32 Å². The third-order valence-corrected chi connectivity index (χ3v) is 1.80. The van der Waals surface area contributed by atoms with Crippen molar-refractivity contribution in [2.24, 2.45) is 0 Å². The van der Waals surface area contributed by atoms with Gasteiger partial charge in [0.25, 0.3) is 0 Å². The monoisotopic (exact) mass is 202 g/mol. The average Bonchev–Trinajstić information content (AvgIpc) is 2.03. The molecule has 1 unspecified atom stereocenters. The SMILES string of the molecule is C=C(CNC)CN(C)CC(O)COC. The van der Waals surface area contributed by atoms with Gasteiger partial charge in [-0.1, -0.05) is 6.58 Å². The lowest BCUT2D eigenvalue weighted by Crippen LogP contribution is -2.34. The summed E-state index contributed by atoms with van der Waals surface area (Å²) in [4.78, 5) is 2.03. The maximum Gasteiger partial charge on any atom is 0.0900 e. The van der Waals surface area contributed by atoms with E-state index in [1.165, 1.54) is 0 Å². The molecule has 0 aromatic heterocycles. The molecule has 4 heteroatoms. The molecular formula is C10H22N2O2. The Bertz CT molecular complexity index is 162. The number of hydrogen-bond donors (Lipinski definition) is 2. The molecule has 0 bridgehead atoms. The Morgan fingerprint density at radius 1 is 1.64 bits per heavy atom. The Labute approximate surface area is 86.6 Å². The topological polar surface area (TPSA) is 44.7 Å². The molecule has 0 amide bonds. The Balaban J connectivity index is 3.63. The predicted octanol–water partition coefficient (Wildman–Crippen LogP) is -0.299. The minimum atomic E-state index is -0.424. The van der Waals surface area contributed by atoms with Crippen LogP contribution in [0.5, 0.6) is 0 Å². The van der Waals surface area contributed by atoms with Crippen LogP contribution in [0.25, 0.3) is 0 Å². The van der Waals surface area contributed by atoms with Gasteiger partial charge >= 0.3 is 0 Å². The van der Waals surface area contributed by atoms with E-state index in [2.05, 4.69) is 11.9 Å². The van der Waals surface area contributed by atoms with Crippen molar-refractivity contribution in [1.29, 1.82) is 0 Å². The lowest BCUT2D eigenvalue weighted by Gasteiger charge is -2.21. The summed E-state index contributed by atoms with van der Waals surface area (Å²) in [6.07, 6.45) is -0.424. The van der Waals surface area contributed by atoms with Gasteiger partial charge in [0.2, 0.25) is 0 Å². The molecule has 0 aromatic rings. The Morgan fingerprint density at radius 2 is 2.29 bits per heavy atom. The number of likely N-dealkylation sites (N-methyl/N-ethyl adjacent to an activating group) is 2. The summed E-state index contributed by atoms with van der Waals surface area (Å²) in [7, 11) is 5.44. The molecule has 14 heavy (non-hydrogen) atoms. The van der Waals surface area contributed by atoms with E-state index >= 15 is 0 Å². The minimum absolute atomic E-state index is 0.378. The number of methoxy groups -OCH3 is 1. The van der Waals surface area contributed by atoms with Gasteiger partial charge in [0.05, 0.1) is 12.7 Å². The molecule has 0 aliphatic rings. The highest BCUT2D eigenvalue weighted by molar-refractivity contribution is 4.99. The van der Waals surface area contributed by atoms with Gasteiger partial charge in [-0.05, 0) is 19.7 Å². The zero-order chi connectivity index (χ0) is 11.0. The van der Waals surface area contributed by atoms with E-state index in [-0.39, 0.29) is 0 Å². The van der Waals surface area contributed by atoms with Crippen LogP contribution in [0.15, 0.2) is 12.2 Å². The van der Waals surface area contributed by atoms with Crippen LogP contribution in [0.4, 0.5) is 0 Å². The molecule has 0 fully saturated rings. The van der Waals surface area contributed by atoms with E-state index in [1.807, 2.05) is 19.0 Å². The second-order valence-corrected chi connectivity index (χ2v) is 3.59. The first-order valence-corrected chi connectivity index (χ1v) is 4.77. The fourth-order valence-corrected chi connectivity index (χ4v) is 1.36. The van der Waals surface area contributed by atoms with Crippen molar-refractivity contribution in [3.05, 3.63) is 12.2 Å². The van der Waals surface area contributed by atoms with Gasteiger partial charge < -0.3 is 15.2 Å². The first-order chi connectivity index (χ1) is 6.60. The summed E-state index contributed by atoms with van der Waals surface area (Å²) in [5.41, 5.74) is 1.11. The van der Waals surface area contributed by atoms with Crippen molar-refractivity contribution in [2.75, 3.05) is 47.4 Å². The highest BCUT2D eigenvalue weighted by Gasteiger charge is 2.08. The molecule has 0 saturated carbocycles. The van der Waals surface area contributed by atoms with Crippen molar-refractivity contribution in [3.63, 3.8) is 0 Å². The number of aliphatic hydroxyl groups excluding tert-OH is 1. The Hall–Kier alpha value is -0.420. The van der Waals surface area contributed by atoms with Gasteiger partial charge in [0.15, 0.2) is 0 Å². The van der Waals surface area contributed by atoms with Crippen LogP contribution in [0.1, 0.15) is 0 Å². The Morgan fingerprint density at radius 3 is 2.79 bits per heavy atom. The highest BCUT2D eigenvalue weighted by Crippen LogP contribution is 1.95. The third kappa shape index (κ3) is 7.03. The largest absolute Gasteiger partial charge is 0.389 e. The van der Waals surface area contributed by atoms with Crippen molar-refractivity contribution in [2.45, 2.75) is 6.10 Å². The molecule has 0 rings (SSSR count). The first-order valence-electron chi connectivity index (χ1n) is 4.77. The summed E-state index contributed by atoms with van der Waals surface area (Å²) in [5.74, 6) is 0. The van der Waals surface area contributed by atoms with Gasteiger partial charge in [-0.25, -0.2) is 0 Å². The molecule has 2 N–H and O–H groups in total. The predicted molar refractivity (Wildman–Crippen MR) is 58.4 cm³/mol. The van der Waals surface area contributed by atoms with Gasteiger partial charge in [-0.2, -0.15) is 0 Å². The maximum atomic E-state index is 9.45. The van der Waals surface area contributed by atoms with Crippen molar-refractivity contribution >= 4 is 0 Å². The molecular weight excluding hydrogens is 180 g/mol. The van der Waals surface area contributed by atoms with Gasteiger partial charge in [-0.3, -0.25) is 4.90 Å². The number of nitrogens with zero attached hydrogens (tertiary/aromatic N) is 1. The standard InChI is InChI=1S/C10H22N2O2/c1-9(5-11-2)6-12(3)7-10(13)8-14-4/h10-11,13H,1,5-8H2,2-4H3. The van der Waals surface area contributed by atoms with E-state index in [1.54, 1.807) is 7.11 Å².